The van der Waals surface area contributed by atoms with E-state index in [4.69, 9.17) is 15.2 Å². The molecule has 0 aliphatic heterocycles. The second-order valence-corrected chi connectivity index (χ2v) is 5.01. The van der Waals surface area contributed by atoms with Crippen molar-refractivity contribution in [3.63, 3.8) is 0 Å². The van der Waals surface area contributed by atoms with Crippen LogP contribution in [0, 0.1) is 0 Å². The van der Waals surface area contributed by atoms with Crippen LogP contribution in [0.2, 0.25) is 0 Å². The molecule has 0 bridgehead atoms. The summed E-state index contributed by atoms with van der Waals surface area (Å²) in [5.41, 5.74) is 6.33. The first kappa shape index (κ1) is 17.6. The van der Waals surface area contributed by atoms with Crippen LogP contribution in [0.5, 0.6) is 11.5 Å². The number of carbonyl (C=O) groups is 1. The Labute approximate surface area is 131 Å². The summed E-state index contributed by atoms with van der Waals surface area (Å²) in [5.74, 6) is 0.807. The van der Waals surface area contributed by atoms with Crippen LogP contribution < -0.4 is 15.2 Å². The first-order valence-electron chi connectivity index (χ1n) is 6.82. The van der Waals surface area contributed by atoms with Crippen LogP contribution in [0.3, 0.4) is 0 Å². The largest absolute Gasteiger partial charge is 0.493 e. The molecule has 1 fully saturated rings. The molecular formula is C15H22ClNO4. The van der Waals surface area contributed by atoms with E-state index in [9.17, 15) is 4.79 Å². The maximum Gasteiger partial charge on any atom is 0.337 e. The summed E-state index contributed by atoms with van der Waals surface area (Å²) >= 11 is 0. The van der Waals surface area contributed by atoms with E-state index in [1.807, 2.05) is 0 Å². The quantitative estimate of drug-likeness (QED) is 0.865. The molecule has 21 heavy (non-hydrogen) atoms. The minimum atomic E-state index is -0.390. The highest BCUT2D eigenvalue weighted by molar-refractivity contribution is 5.90. The third-order valence-electron chi connectivity index (χ3n) is 3.60. The molecule has 0 spiro atoms. The molecule has 1 aliphatic carbocycles. The van der Waals surface area contributed by atoms with Gasteiger partial charge in [0, 0.05) is 6.04 Å². The second-order valence-electron chi connectivity index (χ2n) is 5.01. The fourth-order valence-corrected chi connectivity index (χ4v) is 2.40. The summed E-state index contributed by atoms with van der Waals surface area (Å²) in [6, 6.07) is 5.35. The lowest BCUT2D eigenvalue weighted by Gasteiger charge is -2.27. The molecule has 118 valence electrons. The zero-order valence-electron chi connectivity index (χ0n) is 12.3. The van der Waals surface area contributed by atoms with Crippen LogP contribution in [-0.4, -0.2) is 32.3 Å². The van der Waals surface area contributed by atoms with Crippen molar-refractivity contribution in [1.29, 1.82) is 0 Å². The SMILES string of the molecule is COC(=O)c1ccc(OC2CCC(N)CC2)c(OC)c1.Cl. The molecule has 5 nitrogen and oxygen atoms in total. The molecular weight excluding hydrogens is 294 g/mol. The summed E-state index contributed by atoms with van der Waals surface area (Å²) in [4.78, 5) is 11.5. The summed E-state index contributed by atoms with van der Waals surface area (Å²) in [6.45, 7) is 0. The lowest BCUT2D eigenvalue weighted by Crippen LogP contribution is -2.31. The van der Waals surface area contributed by atoms with Gasteiger partial charge in [0.05, 0.1) is 25.9 Å². The fourth-order valence-electron chi connectivity index (χ4n) is 2.40. The maximum atomic E-state index is 11.5. The lowest BCUT2D eigenvalue weighted by molar-refractivity contribution is 0.0600. The maximum absolute atomic E-state index is 11.5. The van der Waals surface area contributed by atoms with Gasteiger partial charge in [0.1, 0.15) is 0 Å². The molecule has 0 amide bonds. The third kappa shape index (κ3) is 4.51. The highest BCUT2D eigenvalue weighted by atomic mass is 35.5. The second kappa shape index (κ2) is 8.10. The summed E-state index contributed by atoms with van der Waals surface area (Å²) in [5, 5.41) is 0. The van der Waals surface area contributed by atoms with Crippen molar-refractivity contribution >= 4 is 18.4 Å². The van der Waals surface area contributed by atoms with E-state index < -0.39 is 5.97 Å². The van der Waals surface area contributed by atoms with Gasteiger partial charge >= 0.3 is 5.97 Å². The van der Waals surface area contributed by atoms with Crippen molar-refractivity contribution in [2.24, 2.45) is 5.73 Å². The Kier molecular flexibility index (Phi) is 6.78. The Bertz CT molecular complexity index is 473. The average molecular weight is 316 g/mol. The highest BCUT2D eigenvalue weighted by Crippen LogP contribution is 2.31. The van der Waals surface area contributed by atoms with Crippen LogP contribution in [0.4, 0.5) is 0 Å². The minimum absolute atomic E-state index is 0. The van der Waals surface area contributed by atoms with E-state index in [1.54, 1.807) is 25.3 Å². The molecule has 2 N–H and O–H groups in total. The van der Waals surface area contributed by atoms with E-state index in [1.165, 1.54) is 7.11 Å². The Morgan fingerprint density at radius 1 is 1.14 bits per heavy atom. The number of hydrogen-bond acceptors (Lipinski definition) is 5. The van der Waals surface area contributed by atoms with Gasteiger partial charge in [0.25, 0.3) is 0 Å². The minimum Gasteiger partial charge on any atom is -0.493 e. The van der Waals surface area contributed by atoms with Gasteiger partial charge in [-0.1, -0.05) is 0 Å². The molecule has 0 radical (unpaired) electrons. The van der Waals surface area contributed by atoms with Gasteiger partial charge in [-0.2, -0.15) is 0 Å². The summed E-state index contributed by atoms with van der Waals surface area (Å²) in [7, 11) is 2.91. The Balaban J connectivity index is 0.00000220. The van der Waals surface area contributed by atoms with Gasteiger partial charge in [0.2, 0.25) is 0 Å². The van der Waals surface area contributed by atoms with E-state index in [0.29, 0.717) is 23.1 Å². The topological polar surface area (TPSA) is 70.8 Å². The number of hydrogen-bond donors (Lipinski definition) is 1. The van der Waals surface area contributed by atoms with Crippen molar-refractivity contribution in [3.8, 4) is 11.5 Å². The van der Waals surface area contributed by atoms with Gasteiger partial charge in [-0.25, -0.2) is 4.79 Å². The Hall–Kier alpha value is -1.46. The summed E-state index contributed by atoms with van der Waals surface area (Å²) in [6.07, 6.45) is 4.01. The third-order valence-corrected chi connectivity index (χ3v) is 3.60. The highest BCUT2D eigenvalue weighted by Gasteiger charge is 2.21. The van der Waals surface area contributed by atoms with Crippen LogP contribution >= 0.6 is 12.4 Å². The van der Waals surface area contributed by atoms with Crippen molar-refractivity contribution < 1.29 is 19.0 Å². The molecule has 0 saturated heterocycles. The standard InChI is InChI=1S/C15H21NO4.ClH/c1-18-14-9-10(15(17)19-2)3-8-13(14)20-12-6-4-11(16)5-7-12;/h3,8-9,11-12H,4-7,16H2,1-2H3;1H. The predicted octanol–water partition coefficient (Wildman–Crippen LogP) is 2.55. The summed E-state index contributed by atoms with van der Waals surface area (Å²) < 4.78 is 15.9. The molecule has 0 aromatic heterocycles. The average Bonchev–Trinajstić information content (AvgIpc) is 2.49. The van der Waals surface area contributed by atoms with Crippen molar-refractivity contribution in [2.75, 3.05) is 14.2 Å². The molecule has 1 aromatic rings. The van der Waals surface area contributed by atoms with E-state index in [2.05, 4.69) is 4.74 Å². The van der Waals surface area contributed by atoms with Crippen LogP contribution in [0.25, 0.3) is 0 Å². The Morgan fingerprint density at radius 3 is 2.38 bits per heavy atom. The number of carbonyl (C=O) groups excluding carboxylic acids is 1. The van der Waals surface area contributed by atoms with Crippen molar-refractivity contribution in [2.45, 2.75) is 37.8 Å². The monoisotopic (exact) mass is 315 g/mol. The van der Waals surface area contributed by atoms with E-state index in [-0.39, 0.29) is 18.5 Å². The molecule has 0 unspecified atom stereocenters. The molecule has 1 aliphatic rings. The molecule has 0 atom stereocenters. The van der Waals surface area contributed by atoms with Crippen molar-refractivity contribution in [3.05, 3.63) is 23.8 Å². The fraction of sp³-hybridized carbons (Fsp3) is 0.533. The lowest BCUT2D eigenvalue weighted by atomic mass is 9.94. The molecule has 1 saturated carbocycles. The number of nitrogens with two attached hydrogens (primary N) is 1. The zero-order valence-corrected chi connectivity index (χ0v) is 13.2. The first-order valence-corrected chi connectivity index (χ1v) is 6.82. The van der Waals surface area contributed by atoms with Crippen LogP contribution in [-0.2, 0) is 4.74 Å². The van der Waals surface area contributed by atoms with Gasteiger partial charge < -0.3 is 19.9 Å². The zero-order chi connectivity index (χ0) is 14.5. The van der Waals surface area contributed by atoms with E-state index in [0.717, 1.165) is 25.7 Å². The molecule has 1 aromatic carbocycles. The van der Waals surface area contributed by atoms with E-state index >= 15 is 0 Å². The number of ether oxygens (including phenoxy) is 3. The molecule has 0 heterocycles. The number of rotatable bonds is 4. The predicted molar refractivity (Wildman–Crippen MR) is 82.4 cm³/mol. The van der Waals surface area contributed by atoms with Gasteiger partial charge in [-0.05, 0) is 43.9 Å². The van der Waals surface area contributed by atoms with Crippen LogP contribution in [0.15, 0.2) is 18.2 Å². The number of benzene rings is 1. The van der Waals surface area contributed by atoms with Gasteiger partial charge in [-0.3, -0.25) is 0 Å². The van der Waals surface area contributed by atoms with Crippen molar-refractivity contribution in [1.82, 2.24) is 0 Å². The van der Waals surface area contributed by atoms with Gasteiger partial charge in [-0.15, -0.1) is 12.4 Å². The Morgan fingerprint density at radius 2 is 1.81 bits per heavy atom. The smallest absolute Gasteiger partial charge is 0.337 e. The van der Waals surface area contributed by atoms with Crippen LogP contribution in [0.1, 0.15) is 36.0 Å². The molecule has 6 heteroatoms. The number of halogens is 1. The molecule has 2 rings (SSSR count). The van der Waals surface area contributed by atoms with Gasteiger partial charge in [0.15, 0.2) is 11.5 Å². The number of methoxy groups -OCH3 is 2. The first-order chi connectivity index (χ1) is 9.63. The number of esters is 1. The normalized spacial score (nSPS) is 21.1.